The van der Waals surface area contributed by atoms with Crippen LogP contribution in [0.3, 0.4) is 0 Å². The molecule has 0 unspecified atom stereocenters. The van der Waals surface area contributed by atoms with Crippen molar-refractivity contribution < 1.29 is 0 Å². The maximum absolute atomic E-state index is 5.08. The molecule has 40 heavy (non-hydrogen) atoms. The molecule has 186 valence electrons. The van der Waals surface area contributed by atoms with Gasteiger partial charge in [0.1, 0.15) is 5.82 Å². The van der Waals surface area contributed by atoms with Crippen LogP contribution in [0.4, 0.5) is 0 Å². The maximum atomic E-state index is 5.08. The van der Waals surface area contributed by atoms with E-state index >= 15 is 0 Å². The van der Waals surface area contributed by atoms with Crippen molar-refractivity contribution in [2.75, 3.05) is 0 Å². The Morgan fingerprint density at radius 3 is 2.05 bits per heavy atom. The van der Waals surface area contributed by atoms with Gasteiger partial charge in [0.05, 0.1) is 22.1 Å². The fourth-order valence-electron chi connectivity index (χ4n) is 6.53. The van der Waals surface area contributed by atoms with Gasteiger partial charge in [-0.25, -0.2) is 4.98 Å². The number of hydrogen-bond donors (Lipinski definition) is 0. The molecular weight excluding hydrogens is 486 g/mol. The van der Waals surface area contributed by atoms with Crippen LogP contribution < -0.4 is 0 Å². The van der Waals surface area contributed by atoms with Crippen molar-refractivity contribution in [3.63, 3.8) is 0 Å². The van der Waals surface area contributed by atoms with Crippen molar-refractivity contribution in [2.45, 2.75) is 0 Å². The molecule has 3 heteroatoms. The van der Waals surface area contributed by atoms with Gasteiger partial charge in [-0.3, -0.25) is 4.57 Å². The Morgan fingerprint density at radius 2 is 1.15 bits per heavy atom. The van der Waals surface area contributed by atoms with E-state index in [2.05, 4.69) is 149 Å². The summed E-state index contributed by atoms with van der Waals surface area (Å²) in [5.74, 6) is 0.982. The number of rotatable bonds is 2. The molecule has 9 rings (SSSR count). The van der Waals surface area contributed by atoms with Crippen molar-refractivity contribution in [2.24, 2.45) is 0 Å². The first-order valence-corrected chi connectivity index (χ1v) is 13.7. The molecule has 7 aromatic rings. The van der Waals surface area contributed by atoms with Crippen LogP contribution in [0.5, 0.6) is 0 Å². The van der Waals surface area contributed by atoms with Crippen LogP contribution in [0.2, 0.25) is 0 Å². The lowest BCUT2D eigenvalue weighted by atomic mass is 10.0. The molecule has 2 aliphatic rings. The number of benzene rings is 6. The molecule has 3 heterocycles. The van der Waals surface area contributed by atoms with E-state index < -0.39 is 0 Å². The van der Waals surface area contributed by atoms with Crippen LogP contribution >= 0.6 is 0 Å². The van der Waals surface area contributed by atoms with E-state index in [-0.39, 0.29) is 0 Å². The van der Waals surface area contributed by atoms with Gasteiger partial charge < -0.3 is 4.57 Å². The van der Waals surface area contributed by atoms with Crippen molar-refractivity contribution in [1.82, 2.24) is 14.1 Å². The zero-order valence-electron chi connectivity index (χ0n) is 21.6. The summed E-state index contributed by atoms with van der Waals surface area (Å²) in [6, 6.07) is 50.1. The quantitative estimate of drug-likeness (QED) is 0.227. The zero-order chi connectivity index (χ0) is 26.2. The minimum atomic E-state index is 0.982. The van der Waals surface area contributed by atoms with Gasteiger partial charge in [-0.05, 0) is 65.4 Å². The van der Waals surface area contributed by atoms with Gasteiger partial charge in [0.25, 0.3) is 0 Å². The molecule has 0 spiro atoms. The Labute approximate surface area is 230 Å². The minimum Gasteiger partial charge on any atom is -0.309 e. The summed E-state index contributed by atoms with van der Waals surface area (Å²) in [5, 5.41) is 7.48. The molecule has 0 fully saturated rings. The fraction of sp³-hybridized carbons (Fsp3) is 0. The molecule has 0 saturated carbocycles. The molecule has 0 aliphatic carbocycles. The van der Waals surface area contributed by atoms with E-state index in [0.29, 0.717) is 0 Å². The molecule has 6 aromatic carbocycles. The van der Waals surface area contributed by atoms with Crippen molar-refractivity contribution in [3.8, 4) is 22.8 Å². The molecule has 0 amide bonds. The number of aromatic nitrogens is 3. The molecular formula is C37H23N3. The molecule has 2 aliphatic heterocycles. The van der Waals surface area contributed by atoms with E-state index in [0.717, 1.165) is 33.8 Å². The predicted octanol–water partition coefficient (Wildman–Crippen LogP) is 9.53. The predicted molar refractivity (Wildman–Crippen MR) is 167 cm³/mol. The molecule has 0 atom stereocenters. The van der Waals surface area contributed by atoms with Gasteiger partial charge >= 0.3 is 0 Å². The Hall–Kier alpha value is -5.41. The Bertz CT molecular complexity index is 2370. The van der Waals surface area contributed by atoms with E-state index in [9.17, 15) is 0 Å². The molecule has 0 radical (unpaired) electrons. The zero-order valence-corrected chi connectivity index (χ0v) is 21.6. The first kappa shape index (κ1) is 21.5. The molecule has 3 nitrogen and oxygen atoms in total. The topological polar surface area (TPSA) is 22.8 Å². The van der Waals surface area contributed by atoms with Gasteiger partial charge in [0.2, 0.25) is 0 Å². The summed E-state index contributed by atoms with van der Waals surface area (Å²) in [6.07, 6.45) is 0. The summed E-state index contributed by atoms with van der Waals surface area (Å²) in [7, 11) is 0. The second-order valence-corrected chi connectivity index (χ2v) is 10.5. The van der Waals surface area contributed by atoms with Gasteiger partial charge in [0.15, 0.2) is 0 Å². The van der Waals surface area contributed by atoms with Crippen molar-refractivity contribution >= 4 is 54.4 Å². The highest BCUT2D eigenvalue weighted by atomic mass is 15.1. The summed E-state index contributed by atoms with van der Waals surface area (Å²) >= 11 is 0. The van der Waals surface area contributed by atoms with Gasteiger partial charge in [0, 0.05) is 38.5 Å². The SMILES string of the molecule is c1ccc(-n2c3nc4ccccc4c-3cc3cc(-n4c5ccccc5c5c6ccccc6ccc54)ccc32)cc1. The number of hydrogen-bond acceptors (Lipinski definition) is 1. The lowest BCUT2D eigenvalue weighted by Crippen LogP contribution is -2.04. The molecule has 0 saturated heterocycles. The van der Waals surface area contributed by atoms with Crippen LogP contribution in [-0.4, -0.2) is 14.1 Å². The highest BCUT2D eigenvalue weighted by Gasteiger charge is 2.20. The smallest absolute Gasteiger partial charge is 0.146 e. The maximum Gasteiger partial charge on any atom is 0.146 e. The number of para-hydroxylation sites is 3. The lowest BCUT2D eigenvalue weighted by molar-refractivity contribution is 1.07. The largest absolute Gasteiger partial charge is 0.309 e. The normalized spacial score (nSPS) is 12.0. The first-order valence-electron chi connectivity index (χ1n) is 13.7. The van der Waals surface area contributed by atoms with Crippen molar-refractivity contribution in [1.29, 1.82) is 0 Å². The summed E-state index contributed by atoms with van der Waals surface area (Å²) in [5.41, 5.74) is 8.01. The second-order valence-electron chi connectivity index (χ2n) is 10.5. The summed E-state index contributed by atoms with van der Waals surface area (Å²) in [4.78, 5) is 5.08. The van der Waals surface area contributed by atoms with Crippen LogP contribution in [0, 0.1) is 0 Å². The third-order valence-corrected chi connectivity index (χ3v) is 8.26. The number of fused-ring (bicyclic) bond motifs is 9. The first-order chi connectivity index (χ1) is 19.8. The summed E-state index contributed by atoms with van der Waals surface area (Å²) in [6.45, 7) is 0. The third kappa shape index (κ3) is 2.92. The highest BCUT2D eigenvalue weighted by molar-refractivity contribution is 6.21. The van der Waals surface area contributed by atoms with Gasteiger partial charge in [-0.15, -0.1) is 0 Å². The summed E-state index contributed by atoms with van der Waals surface area (Å²) < 4.78 is 4.71. The van der Waals surface area contributed by atoms with Crippen LogP contribution in [0.25, 0.3) is 77.1 Å². The molecule has 0 bridgehead atoms. The monoisotopic (exact) mass is 509 g/mol. The van der Waals surface area contributed by atoms with Crippen LogP contribution in [0.15, 0.2) is 140 Å². The molecule has 1 aromatic heterocycles. The Morgan fingerprint density at radius 1 is 0.425 bits per heavy atom. The third-order valence-electron chi connectivity index (χ3n) is 8.26. The van der Waals surface area contributed by atoms with E-state index in [1.54, 1.807) is 0 Å². The van der Waals surface area contributed by atoms with E-state index in [4.69, 9.17) is 4.98 Å². The average Bonchev–Trinajstić information content (AvgIpc) is 3.56. The fourth-order valence-corrected chi connectivity index (χ4v) is 6.53. The highest BCUT2D eigenvalue weighted by Crippen LogP contribution is 2.40. The number of nitrogens with zero attached hydrogens (tertiary/aromatic N) is 3. The van der Waals surface area contributed by atoms with Gasteiger partial charge in [-0.1, -0.05) is 84.9 Å². The van der Waals surface area contributed by atoms with Crippen LogP contribution in [0.1, 0.15) is 0 Å². The average molecular weight is 510 g/mol. The van der Waals surface area contributed by atoms with Crippen LogP contribution in [-0.2, 0) is 0 Å². The standard InChI is InChI=1S/C37H23N3/c1-2-11-26(12-3-1)40-33-21-19-27(22-25(33)23-31-29-14-6-8-16-32(29)38-37(31)40)39-34-17-9-7-15-30(34)36-28-13-5-4-10-24(28)18-20-35(36)39/h1-23H. The van der Waals surface area contributed by atoms with Crippen molar-refractivity contribution in [3.05, 3.63) is 140 Å². The number of pyridine rings is 1. The van der Waals surface area contributed by atoms with Gasteiger partial charge in [-0.2, -0.15) is 0 Å². The van der Waals surface area contributed by atoms with E-state index in [1.165, 1.54) is 43.4 Å². The molecule has 0 N–H and O–H groups in total. The second kappa shape index (κ2) is 8.05. The lowest BCUT2D eigenvalue weighted by Gasteiger charge is -2.18. The minimum absolute atomic E-state index is 0.982. The Kier molecular flexibility index (Phi) is 4.33. The van der Waals surface area contributed by atoms with E-state index in [1.807, 2.05) is 0 Å². The Balaban J connectivity index is 1.40.